The van der Waals surface area contributed by atoms with Gasteiger partial charge in [0.05, 0.1) is 11.6 Å². The minimum atomic E-state index is -0.360. The summed E-state index contributed by atoms with van der Waals surface area (Å²) in [6.45, 7) is 0.0638. The number of nitrogens with one attached hydrogen (secondary N) is 1. The molecular formula is C19H17N3O3. The van der Waals surface area contributed by atoms with Crippen molar-refractivity contribution in [3.05, 3.63) is 59.7 Å². The number of amides is 4. The van der Waals surface area contributed by atoms with Gasteiger partial charge in [0.1, 0.15) is 6.54 Å². The number of nitrogens with zero attached hydrogens (tertiary/aromatic N) is 2. The predicted molar refractivity (Wildman–Crippen MR) is 93.5 cm³/mol. The van der Waals surface area contributed by atoms with Crippen LogP contribution in [0, 0.1) is 0 Å². The van der Waals surface area contributed by atoms with Gasteiger partial charge in [-0.25, -0.2) is 9.69 Å². The molecule has 2 aliphatic rings. The van der Waals surface area contributed by atoms with E-state index in [9.17, 15) is 14.4 Å². The van der Waals surface area contributed by atoms with E-state index < -0.39 is 0 Å². The zero-order chi connectivity index (χ0) is 17.6. The first-order chi connectivity index (χ1) is 12.0. The highest BCUT2D eigenvalue weighted by atomic mass is 16.2. The Morgan fingerprint density at radius 3 is 2.64 bits per heavy atom. The van der Waals surface area contributed by atoms with Gasteiger partial charge in [0, 0.05) is 12.7 Å². The van der Waals surface area contributed by atoms with E-state index in [0.29, 0.717) is 11.4 Å². The smallest absolute Gasteiger partial charge is 0.325 e. The molecule has 0 radical (unpaired) electrons. The van der Waals surface area contributed by atoms with Gasteiger partial charge in [0.25, 0.3) is 5.91 Å². The molecule has 0 bridgehead atoms. The number of imide groups is 1. The third kappa shape index (κ3) is 2.55. The van der Waals surface area contributed by atoms with E-state index in [1.807, 2.05) is 24.3 Å². The lowest BCUT2D eigenvalue weighted by atomic mass is 9.77. The average molecular weight is 335 g/mol. The molecule has 0 spiro atoms. The van der Waals surface area contributed by atoms with Gasteiger partial charge in [-0.1, -0.05) is 30.3 Å². The SMILES string of the molecule is CN1CC(=O)N(c2cccc(NC(=O)C3Cc4ccccc43)c2)C1=O. The summed E-state index contributed by atoms with van der Waals surface area (Å²) in [6, 6.07) is 14.3. The van der Waals surface area contributed by atoms with Crippen LogP contribution in [0.1, 0.15) is 17.0 Å². The van der Waals surface area contributed by atoms with Crippen LogP contribution in [0.5, 0.6) is 0 Å². The maximum Gasteiger partial charge on any atom is 0.331 e. The van der Waals surface area contributed by atoms with Gasteiger partial charge in [-0.2, -0.15) is 0 Å². The van der Waals surface area contributed by atoms with Crippen LogP contribution in [0.3, 0.4) is 0 Å². The molecule has 1 heterocycles. The minimum absolute atomic E-state index is 0.0638. The van der Waals surface area contributed by atoms with Crippen LogP contribution >= 0.6 is 0 Å². The Labute approximate surface area is 145 Å². The molecule has 1 N–H and O–H groups in total. The summed E-state index contributed by atoms with van der Waals surface area (Å²) in [4.78, 5) is 39.1. The van der Waals surface area contributed by atoms with Crippen molar-refractivity contribution in [1.29, 1.82) is 0 Å². The topological polar surface area (TPSA) is 69.7 Å². The Kier molecular flexibility index (Phi) is 3.53. The number of likely N-dealkylation sites (N-methyl/N-ethyl adjacent to an activating group) is 1. The minimum Gasteiger partial charge on any atom is -0.325 e. The van der Waals surface area contributed by atoms with Crippen molar-refractivity contribution in [1.82, 2.24) is 4.90 Å². The van der Waals surface area contributed by atoms with Gasteiger partial charge in [-0.3, -0.25) is 9.59 Å². The Morgan fingerprint density at radius 1 is 1.12 bits per heavy atom. The molecule has 1 aliphatic carbocycles. The van der Waals surface area contributed by atoms with E-state index in [-0.39, 0.29) is 30.3 Å². The molecule has 2 aromatic rings. The Balaban J connectivity index is 1.52. The molecule has 0 saturated carbocycles. The van der Waals surface area contributed by atoms with Gasteiger partial charge >= 0.3 is 6.03 Å². The number of carbonyl (C=O) groups is 3. The number of hydrogen-bond donors (Lipinski definition) is 1. The Bertz CT molecular complexity index is 893. The average Bonchev–Trinajstić information content (AvgIpc) is 2.81. The van der Waals surface area contributed by atoms with Crippen molar-refractivity contribution in [3.8, 4) is 0 Å². The zero-order valence-electron chi connectivity index (χ0n) is 13.7. The number of anilines is 2. The van der Waals surface area contributed by atoms with Crippen molar-refractivity contribution in [2.45, 2.75) is 12.3 Å². The summed E-state index contributed by atoms with van der Waals surface area (Å²) >= 11 is 0. The summed E-state index contributed by atoms with van der Waals surface area (Å²) in [7, 11) is 1.58. The van der Waals surface area contributed by atoms with E-state index >= 15 is 0 Å². The first-order valence-electron chi connectivity index (χ1n) is 8.11. The van der Waals surface area contributed by atoms with Gasteiger partial charge in [0.15, 0.2) is 0 Å². The normalized spacial score (nSPS) is 18.8. The van der Waals surface area contributed by atoms with Gasteiger partial charge in [0.2, 0.25) is 5.91 Å². The second kappa shape index (κ2) is 5.73. The molecule has 1 unspecified atom stereocenters. The molecule has 1 saturated heterocycles. The van der Waals surface area contributed by atoms with E-state index in [0.717, 1.165) is 16.9 Å². The zero-order valence-corrected chi connectivity index (χ0v) is 13.7. The summed E-state index contributed by atoms with van der Waals surface area (Å²) in [5, 5.41) is 2.89. The largest absolute Gasteiger partial charge is 0.331 e. The van der Waals surface area contributed by atoms with Crippen molar-refractivity contribution in [2.75, 3.05) is 23.8 Å². The maximum absolute atomic E-state index is 12.5. The van der Waals surface area contributed by atoms with E-state index in [4.69, 9.17) is 0 Å². The van der Waals surface area contributed by atoms with Crippen LogP contribution < -0.4 is 10.2 Å². The van der Waals surface area contributed by atoms with Crippen molar-refractivity contribution >= 4 is 29.2 Å². The predicted octanol–water partition coefficient (Wildman–Crippen LogP) is 2.36. The van der Waals surface area contributed by atoms with E-state index in [1.165, 1.54) is 10.5 Å². The molecule has 25 heavy (non-hydrogen) atoms. The first kappa shape index (κ1) is 15.4. The number of fused-ring (bicyclic) bond motifs is 1. The summed E-state index contributed by atoms with van der Waals surface area (Å²) < 4.78 is 0. The fourth-order valence-electron chi connectivity index (χ4n) is 3.32. The van der Waals surface area contributed by atoms with Crippen LogP contribution in [-0.2, 0) is 16.0 Å². The number of urea groups is 1. The molecule has 6 nitrogen and oxygen atoms in total. The lowest BCUT2D eigenvalue weighted by Gasteiger charge is -2.29. The molecule has 1 aliphatic heterocycles. The van der Waals surface area contributed by atoms with Crippen LogP contribution in [0.2, 0.25) is 0 Å². The highest BCUT2D eigenvalue weighted by Gasteiger charge is 2.35. The summed E-state index contributed by atoms with van der Waals surface area (Å²) in [5.41, 5.74) is 3.29. The molecule has 4 amide bonds. The highest BCUT2D eigenvalue weighted by Crippen LogP contribution is 2.35. The quantitative estimate of drug-likeness (QED) is 0.876. The molecule has 1 fully saturated rings. The first-order valence-corrected chi connectivity index (χ1v) is 8.11. The van der Waals surface area contributed by atoms with Crippen LogP contribution in [-0.4, -0.2) is 36.3 Å². The number of rotatable bonds is 3. The van der Waals surface area contributed by atoms with Gasteiger partial charge in [-0.15, -0.1) is 0 Å². The molecule has 0 aromatic heterocycles. The fraction of sp³-hybridized carbons (Fsp3) is 0.211. The third-order valence-electron chi connectivity index (χ3n) is 4.68. The third-order valence-corrected chi connectivity index (χ3v) is 4.68. The maximum atomic E-state index is 12.5. The second-order valence-corrected chi connectivity index (χ2v) is 6.36. The Morgan fingerprint density at radius 2 is 1.92 bits per heavy atom. The number of carbonyl (C=O) groups excluding carboxylic acids is 3. The summed E-state index contributed by atoms with van der Waals surface area (Å²) in [5.74, 6) is -0.503. The van der Waals surface area contributed by atoms with E-state index in [2.05, 4.69) is 5.32 Å². The van der Waals surface area contributed by atoms with E-state index in [1.54, 1.807) is 31.3 Å². The molecule has 4 rings (SSSR count). The fourth-order valence-corrected chi connectivity index (χ4v) is 3.32. The highest BCUT2D eigenvalue weighted by molar-refractivity contribution is 6.19. The Hall–Kier alpha value is -3.15. The van der Waals surface area contributed by atoms with Gasteiger partial charge in [-0.05, 0) is 35.7 Å². The lowest BCUT2D eigenvalue weighted by Crippen LogP contribution is -2.32. The monoisotopic (exact) mass is 335 g/mol. The second-order valence-electron chi connectivity index (χ2n) is 6.36. The van der Waals surface area contributed by atoms with Crippen LogP contribution in [0.4, 0.5) is 16.2 Å². The summed E-state index contributed by atoms with van der Waals surface area (Å²) in [6.07, 6.45) is 0.732. The molecular weight excluding hydrogens is 318 g/mol. The van der Waals surface area contributed by atoms with Gasteiger partial charge < -0.3 is 10.2 Å². The molecule has 6 heteroatoms. The van der Waals surface area contributed by atoms with Crippen LogP contribution in [0.25, 0.3) is 0 Å². The molecule has 2 aromatic carbocycles. The van der Waals surface area contributed by atoms with Crippen LogP contribution in [0.15, 0.2) is 48.5 Å². The number of benzene rings is 2. The standard InChI is InChI=1S/C19H17N3O3/c1-21-11-17(23)22(19(21)25)14-7-4-6-13(10-14)20-18(24)16-9-12-5-2-3-8-15(12)16/h2-8,10,16H,9,11H2,1H3,(H,20,24). The molecule has 1 atom stereocenters. The number of hydrogen-bond acceptors (Lipinski definition) is 3. The van der Waals surface area contributed by atoms with Crippen molar-refractivity contribution in [3.63, 3.8) is 0 Å². The van der Waals surface area contributed by atoms with Crippen molar-refractivity contribution in [2.24, 2.45) is 0 Å². The van der Waals surface area contributed by atoms with Crippen molar-refractivity contribution < 1.29 is 14.4 Å². The molecule has 126 valence electrons. The lowest BCUT2D eigenvalue weighted by molar-refractivity contribution is -0.118.